The molecule has 4 rings (SSSR count). The van der Waals surface area contributed by atoms with Crippen LogP contribution in [0.15, 0.2) is 77.7 Å². The zero-order chi connectivity index (χ0) is 22.2. The van der Waals surface area contributed by atoms with Crippen molar-refractivity contribution >= 4 is 21.6 Å². The van der Waals surface area contributed by atoms with E-state index in [9.17, 15) is 13.2 Å². The summed E-state index contributed by atoms with van der Waals surface area (Å²) in [7, 11) is -3.72. The van der Waals surface area contributed by atoms with Crippen molar-refractivity contribution in [2.24, 2.45) is 0 Å². The second kappa shape index (κ2) is 7.83. The topological polar surface area (TPSA) is 84.5 Å². The fourth-order valence-corrected chi connectivity index (χ4v) is 5.07. The number of hydrogen-bond acceptors (Lipinski definition) is 4. The molecule has 0 saturated heterocycles. The van der Waals surface area contributed by atoms with Crippen LogP contribution in [0.25, 0.3) is 0 Å². The third kappa shape index (κ3) is 4.47. The number of ether oxygens (including phenoxy) is 1. The Bertz CT molecular complexity index is 1200. The van der Waals surface area contributed by atoms with E-state index in [0.29, 0.717) is 17.2 Å². The van der Waals surface area contributed by atoms with E-state index in [1.807, 2.05) is 48.5 Å². The number of anilines is 1. The minimum absolute atomic E-state index is 0.0907. The van der Waals surface area contributed by atoms with Gasteiger partial charge in [-0.1, -0.05) is 42.5 Å². The maximum atomic E-state index is 13.4. The first kappa shape index (κ1) is 21.1. The number of sulfonamides is 1. The first-order chi connectivity index (χ1) is 14.6. The maximum Gasteiger partial charge on any atom is 0.241 e. The number of amides is 1. The fraction of sp³-hybridized carbons (Fsp3) is 0.208. The molecule has 31 heavy (non-hydrogen) atoms. The van der Waals surface area contributed by atoms with Gasteiger partial charge in [0.2, 0.25) is 15.9 Å². The van der Waals surface area contributed by atoms with E-state index < -0.39 is 21.5 Å². The van der Waals surface area contributed by atoms with Crippen molar-refractivity contribution in [2.75, 3.05) is 5.32 Å². The van der Waals surface area contributed by atoms with Crippen LogP contribution in [0.1, 0.15) is 37.8 Å². The zero-order valence-electron chi connectivity index (χ0n) is 17.5. The number of nitrogens with one attached hydrogen (secondary N) is 2. The fourth-order valence-electron chi connectivity index (χ4n) is 3.61. The van der Waals surface area contributed by atoms with Gasteiger partial charge in [0.15, 0.2) is 0 Å². The molecule has 0 aromatic heterocycles. The van der Waals surface area contributed by atoms with Crippen LogP contribution in [-0.2, 0) is 14.8 Å². The molecule has 0 saturated carbocycles. The Morgan fingerprint density at radius 3 is 2.03 bits per heavy atom. The maximum absolute atomic E-state index is 13.4. The molecule has 3 aromatic rings. The summed E-state index contributed by atoms with van der Waals surface area (Å²) >= 11 is 0. The van der Waals surface area contributed by atoms with E-state index >= 15 is 0 Å². The molecule has 7 heteroatoms. The standard InChI is InChI=1S/C24H24N2O4S/c1-24(2,3)26-31(28,29)17-10-8-9-16(15-17)25-23(27)22-18-11-4-6-13-20(18)30-21-14-7-5-12-19(21)22/h4-15,22,26H,1-3H3,(H,25,27). The third-order valence-electron chi connectivity index (χ3n) is 4.79. The van der Waals surface area contributed by atoms with Crippen molar-refractivity contribution in [3.63, 3.8) is 0 Å². The molecule has 1 aliphatic heterocycles. The van der Waals surface area contributed by atoms with Crippen LogP contribution in [0.5, 0.6) is 11.5 Å². The lowest BCUT2D eigenvalue weighted by molar-refractivity contribution is -0.116. The molecule has 0 atom stereocenters. The SMILES string of the molecule is CC(C)(C)NS(=O)(=O)c1cccc(NC(=O)C2c3ccccc3Oc3ccccc32)c1. The lowest BCUT2D eigenvalue weighted by Crippen LogP contribution is -2.40. The quantitative estimate of drug-likeness (QED) is 0.624. The monoisotopic (exact) mass is 436 g/mol. The highest BCUT2D eigenvalue weighted by Gasteiger charge is 2.32. The number of carbonyl (C=O) groups excluding carboxylic acids is 1. The van der Waals surface area contributed by atoms with E-state index in [0.717, 1.165) is 11.1 Å². The Morgan fingerprint density at radius 2 is 1.45 bits per heavy atom. The summed E-state index contributed by atoms with van der Waals surface area (Å²) in [4.78, 5) is 13.4. The molecule has 1 heterocycles. The van der Waals surface area contributed by atoms with Crippen LogP contribution in [0.4, 0.5) is 5.69 Å². The van der Waals surface area contributed by atoms with Crippen LogP contribution >= 0.6 is 0 Å². The smallest absolute Gasteiger partial charge is 0.241 e. The minimum Gasteiger partial charge on any atom is -0.457 e. The number of hydrogen-bond donors (Lipinski definition) is 2. The Balaban J connectivity index is 1.66. The van der Waals surface area contributed by atoms with Crippen molar-refractivity contribution in [3.05, 3.63) is 83.9 Å². The number of benzene rings is 3. The van der Waals surface area contributed by atoms with E-state index in [1.165, 1.54) is 12.1 Å². The number of rotatable bonds is 4. The van der Waals surface area contributed by atoms with Gasteiger partial charge >= 0.3 is 0 Å². The summed E-state index contributed by atoms with van der Waals surface area (Å²) in [5, 5.41) is 2.88. The highest BCUT2D eigenvalue weighted by atomic mass is 32.2. The molecule has 0 unspecified atom stereocenters. The van der Waals surface area contributed by atoms with Crippen molar-refractivity contribution in [1.82, 2.24) is 4.72 Å². The largest absolute Gasteiger partial charge is 0.457 e. The van der Waals surface area contributed by atoms with Crippen LogP contribution in [-0.4, -0.2) is 19.9 Å². The molecular weight excluding hydrogens is 412 g/mol. The van der Waals surface area contributed by atoms with Gasteiger partial charge in [-0.2, -0.15) is 0 Å². The highest BCUT2D eigenvalue weighted by Crippen LogP contribution is 2.44. The van der Waals surface area contributed by atoms with Crippen molar-refractivity contribution in [3.8, 4) is 11.5 Å². The van der Waals surface area contributed by atoms with Crippen LogP contribution < -0.4 is 14.8 Å². The molecule has 2 N–H and O–H groups in total. The van der Waals surface area contributed by atoms with Crippen molar-refractivity contribution in [1.29, 1.82) is 0 Å². The van der Waals surface area contributed by atoms with Crippen molar-refractivity contribution < 1.29 is 17.9 Å². The molecule has 3 aromatic carbocycles. The van der Waals surface area contributed by atoms with E-state index in [-0.39, 0.29) is 10.8 Å². The second-order valence-electron chi connectivity index (χ2n) is 8.48. The number of carbonyl (C=O) groups is 1. The van der Waals surface area contributed by atoms with Gasteiger partial charge in [0.05, 0.1) is 10.8 Å². The molecule has 1 amide bonds. The minimum atomic E-state index is -3.72. The predicted molar refractivity (Wildman–Crippen MR) is 120 cm³/mol. The third-order valence-corrected chi connectivity index (χ3v) is 6.55. The number of fused-ring (bicyclic) bond motifs is 2. The zero-order valence-corrected chi connectivity index (χ0v) is 18.4. The van der Waals surface area contributed by atoms with Gasteiger partial charge in [0.25, 0.3) is 0 Å². The summed E-state index contributed by atoms with van der Waals surface area (Å²) in [6, 6.07) is 21.1. The first-order valence-corrected chi connectivity index (χ1v) is 11.4. The molecule has 160 valence electrons. The van der Waals surface area contributed by atoms with E-state index in [4.69, 9.17) is 4.74 Å². The van der Waals surface area contributed by atoms with Crippen LogP contribution in [0.3, 0.4) is 0 Å². The lowest BCUT2D eigenvalue weighted by atomic mass is 9.87. The van der Waals surface area contributed by atoms with Gasteiger partial charge in [0, 0.05) is 22.4 Å². The van der Waals surface area contributed by atoms with Gasteiger partial charge in [-0.25, -0.2) is 13.1 Å². The average Bonchev–Trinajstić information content (AvgIpc) is 2.70. The molecule has 0 radical (unpaired) electrons. The van der Waals surface area contributed by atoms with Crippen molar-refractivity contribution in [2.45, 2.75) is 37.1 Å². The molecule has 0 spiro atoms. The molecular formula is C24H24N2O4S. The summed E-state index contributed by atoms with van der Waals surface area (Å²) in [5.41, 5.74) is 1.31. The van der Waals surface area contributed by atoms with Gasteiger partial charge in [-0.15, -0.1) is 0 Å². The molecule has 1 aliphatic rings. The lowest BCUT2D eigenvalue weighted by Gasteiger charge is -2.27. The molecule has 0 bridgehead atoms. The highest BCUT2D eigenvalue weighted by molar-refractivity contribution is 7.89. The molecule has 0 aliphatic carbocycles. The van der Waals surface area contributed by atoms with E-state index in [2.05, 4.69) is 10.0 Å². The normalized spacial score (nSPS) is 13.6. The van der Waals surface area contributed by atoms with Gasteiger partial charge in [-0.3, -0.25) is 4.79 Å². The van der Waals surface area contributed by atoms with Crippen LogP contribution in [0, 0.1) is 0 Å². The summed E-state index contributed by atoms with van der Waals surface area (Å²) in [6.07, 6.45) is 0. The summed E-state index contributed by atoms with van der Waals surface area (Å²) < 4.78 is 33.9. The Labute approximate surface area is 182 Å². The number of para-hydroxylation sites is 2. The van der Waals surface area contributed by atoms with E-state index in [1.54, 1.807) is 32.9 Å². The molecule has 0 fully saturated rings. The van der Waals surface area contributed by atoms with Crippen LogP contribution in [0.2, 0.25) is 0 Å². The van der Waals surface area contributed by atoms with Gasteiger partial charge < -0.3 is 10.1 Å². The van der Waals surface area contributed by atoms with Gasteiger partial charge in [-0.05, 0) is 51.1 Å². The second-order valence-corrected chi connectivity index (χ2v) is 10.2. The summed E-state index contributed by atoms with van der Waals surface area (Å²) in [6.45, 7) is 5.32. The first-order valence-electron chi connectivity index (χ1n) is 9.95. The summed E-state index contributed by atoms with van der Waals surface area (Å²) in [5.74, 6) is 0.426. The average molecular weight is 437 g/mol. The Kier molecular flexibility index (Phi) is 5.33. The molecule has 6 nitrogen and oxygen atoms in total. The Hall–Kier alpha value is -3.16. The predicted octanol–water partition coefficient (Wildman–Crippen LogP) is 4.64. The Morgan fingerprint density at radius 1 is 0.871 bits per heavy atom. The van der Waals surface area contributed by atoms with Gasteiger partial charge in [0.1, 0.15) is 11.5 Å².